The largest absolute Gasteiger partial charge is 0.497 e. The molecule has 2 aromatic carbocycles. The summed E-state index contributed by atoms with van der Waals surface area (Å²) in [6.45, 7) is 4.40. The van der Waals surface area contributed by atoms with Crippen LogP contribution in [-0.2, 0) is 4.79 Å². The molecule has 0 unspecified atom stereocenters. The monoisotopic (exact) mass is 509 g/mol. The fourth-order valence-electron chi connectivity index (χ4n) is 4.47. The van der Waals surface area contributed by atoms with Gasteiger partial charge in [0.2, 0.25) is 0 Å². The minimum atomic E-state index is -3.17. The number of carbonyl (C=O) groups is 1. The third-order valence-electron chi connectivity index (χ3n) is 6.44. The number of thioether (sulfide) groups is 1. The Bertz CT molecular complexity index is 998. The lowest BCUT2D eigenvalue weighted by atomic mass is 9.81. The average Bonchev–Trinajstić information content (AvgIpc) is 2.93. The van der Waals surface area contributed by atoms with Crippen molar-refractivity contribution in [3.63, 3.8) is 0 Å². The van der Waals surface area contributed by atoms with Crippen LogP contribution in [0.3, 0.4) is 0 Å². The van der Waals surface area contributed by atoms with Gasteiger partial charge in [-0.05, 0) is 49.4 Å². The molecule has 2 aromatic rings. The van der Waals surface area contributed by atoms with Gasteiger partial charge in [-0.1, -0.05) is 26.7 Å². The molecule has 0 radical (unpaired) electrons. The van der Waals surface area contributed by atoms with Crippen LogP contribution in [0.15, 0.2) is 46.2 Å². The minimum absolute atomic E-state index is 0.257. The Morgan fingerprint density at radius 1 is 1.21 bits per heavy atom. The van der Waals surface area contributed by atoms with E-state index in [2.05, 4.69) is 18.7 Å². The van der Waals surface area contributed by atoms with Crippen LogP contribution in [0, 0.1) is 5.41 Å². The SMILES string of the molecule is CCCC[C@]1(CC)CN(c2ccc(OC)cc2)c2cc(SC)c(OCC(=O)O)cc2S(O)(O)C1. The number of benzene rings is 2. The normalized spacial score (nSPS) is 20.2. The highest BCUT2D eigenvalue weighted by atomic mass is 32.3. The van der Waals surface area contributed by atoms with Gasteiger partial charge in [-0.2, -0.15) is 10.6 Å². The van der Waals surface area contributed by atoms with Crippen molar-refractivity contribution in [3.8, 4) is 11.5 Å². The second-order valence-corrected chi connectivity index (χ2v) is 11.6. The summed E-state index contributed by atoms with van der Waals surface area (Å²) in [5.74, 6) is 0.268. The number of carboxylic acids is 1. The molecule has 0 bridgehead atoms. The van der Waals surface area contributed by atoms with Gasteiger partial charge >= 0.3 is 5.97 Å². The van der Waals surface area contributed by atoms with Crippen molar-refractivity contribution in [2.45, 2.75) is 49.3 Å². The summed E-state index contributed by atoms with van der Waals surface area (Å²) in [6.07, 6.45) is 5.61. The first-order chi connectivity index (χ1) is 16.2. The Labute approximate surface area is 207 Å². The number of fused-ring (bicyclic) bond motifs is 1. The fraction of sp³-hybridized carbons (Fsp3) is 0.480. The molecule has 0 spiro atoms. The van der Waals surface area contributed by atoms with Crippen molar-refractivity contribution in [2.24, 2.45) is 5.41 Å². The molecular formula is C25H35NO6S2. The Balaban J connectivity index is 2.21. The number of methoxy groups -OCH3 is 1. The third-order valence-corrected chi connectivity index (χ3v) is 9.24. The maximum atomic E-state index is 11.5. The molecule has 0 aromatic heterocycles. The molecule has 34 heavy (non-hydrogen) atoms. The number of aliphatic carboxylic acids is 1. The summed E-state index contributed by atoms with van der Waals surface area (Å²) in [6, 6.07) is 11.3. The van der Waals surface area contributed by atoms with Crippen molar-refractivity contribution in [2.75, 3.05) is 37.2 Å². The highest BCUT2D eigenvalue weighted by Gasteiger charge is 2.42. The van der Waals surface area contributed by atoms with E-state index in [9.17, 15) is 13.9 Å². The van der Waals surface area contributed by atoms with Crippen molar-refractivity contribution in [3.05, 3.63) is 36.4 Å². The van der Waals surface area contributed by atoms with E-state index < -0.39 is 23.2 Å². The van der Waals surface area contributed by atoms with Crippen molar-refractivity contribution < 1.29 is 28.5 Å². The molecule has 3 rings (SSSR count). The van der Waals surface area contributed by atoms with Gasteiger partial charge in [-0.15, -0.1) is 11.8 Å². The molecule has 188 valence electrons. The number of anilines is 2. The molecule has 0 saturated carbocycles. The van der Waals surface area contributed by atoms with E-state index in [0.29, 0.717) is 22.9 Å². The molecule has 7 nitrogen and oxygen atoms in total. The summed E-state index contributed by atoms with van der Waals surface area (Å²) in [5, 5.41) is 9.10. The molecule has 0 fully saturated rings. The van der Waals surface area contributed by atoms with Gasteiger partial charge < -0.3 is 19.5 Å². The molecule has 1 heterocycles. The van der Waals surface area contributed by atoms with Gasteiger partial charge in [0.15, 0.2) is 6.61 Å². The highest BCUT2D eigenvalue weighted by molar-refractivity contribution is 8.24. The number of hydrogen-bond acceptors (Lipinski definition) is 7. The van der Waals surface area contributed by atoms with Gasteiger partial charge in [0.05, 0.1) is 22.6 Å². The standard InChI is InChI=1S/C25H35NO6S2/c1-5-7-12-25(6-2)16-26(18-8-10-19(31-3)11-9-18)20-13-22(33-4)21(32-15-24(27)28)14-23(20)34(29,30)17-25/h8-11,13-14,29-30H,5-7,12,15-17H2,1-4H3,(H,27,28)/t25-/m1/s1. The maximum absolute atomic E-state index is 11.5. The van der Waals surface area contributed by atoms with E-state index in [1.165, 1.54) is 11.8 Å². The van der Waals surface area contributed by atoms with Crippen LogP contribution in [0.2, 0.25) is 0 Å². The molecule has 0 amide bonds. The molecule has 0 saturated heterocycles. The van der Waals surface area contributed by atoms with E-state index >= 15 is 0 Å². The van der Waals surface area contributed by atoms with E-state index in [-0.39, 0.29) is 11.2 Å². The summed E-state index contributed by atoms with van der Waals surface area (Å²) in [5.41, 5.74) is 1.35. The molecule has 0 aliphatic carbocycles. The Morgan fingerprint density at radius 2 is 1.91 bits per heavy atom. The average molecular weight is 510 g/mol. The van der Waals surface area contributed by atoms with E-state index in [4.69, 9.17) is 14.6 Å². The zero-order valence-electron chi connectivity index (χ0n) is 20.2. The maximum Gasteiger partial charge on any atom is 0.341 e. The van der Waals surface area contributed by atoms with Gasteiger partial charge in [0.25, 0.3) is 0 Å². The predicted molar refractivity (Wildman–Crippen MR) is 140 cm³/mol. The number of hydrogen-bond donors (Lipinski definition) is 3. The third kappa shape index (κ3) is 5.76. The highest BCUT2D eigenvalue weighted by Crippen LogP contribution is 2.62. The summed E-state index contributed by atoms with van der Waals surface area (Å²) in [7, 11) is -1.54. The Morgan fingerprint density at radius 3 is 2.47 bits per heavy atom. The zero-order chi connectivity index (χ0) is 24.9. The van der Waals surface area contributed by atoms with Crippen molar-refractivity contribution in [1.82, 2.24) is 0 Å². The molecule has 9 heteroatoms. The smallest absolute Gasteiger partial charge is 0.341 e. The van der Waals surface area contributed by atoms with Crippen LogP contribution >= 0.6 is 22.4 Å². The number of nitrogens with zero attached hydrogens (tertiary/aromatic N) is 1. The molecule has 1 aliphatic rings. The minimum Gasteiger partial charge on any atom is -0.497 e. The lowest BCUT2D eigenvalue weighted by molar-refractivity contribution is -0.139. The van der Waals surface area contributed by atoms with E-state index in [1.54, 1.807) is 13.2 Å². The Kier molecular flexibility index (Phi) is 8.67. The first-order valence-corrected chi connectivity index (χ1v) is 14.4. The van der Waals surface area contributed by atoms with Crippen LogP contribution in [0.5, 0.6) is 11.5 Å². The molecular weight excluding hydrogens is 474 g/mol. The first-order valence-electron chi connectivity index (χ1n) is 11.4. The molecule has 1 aliphatic heterocycles. The number of unbranched alkanes of at least 4 members (excludes halogenated alkanes) is 1. The lowest BCUT2D eigenvalue weighted by Crippen LogP contribution is -2.37. The van der Waals surface area contributed by atoms with Crippen LogP contribution in [0.4, 0.5) is 11.4 Å². The molecule has 1 atom stereocenters. The lowest BCUT2D eigenvalue weighted by Gasteiger charge is -2.41. The summed E-state index contributed by atoms with van der Waals surface area (Å²) < 4.78 is 33.9. The first kappa shape index (κ1) is 26.5. The van der Waals surface area contributed by atoms with Crippen molar-refractivity contribution in [1.29, 1.82) is 0 Å². The van der Waals surface area contributed by atoms with Crippen LogP contribution in [0.1, 0.15) is 39.5 Å². The van der Waals surface area contributed by atoms with Gasteiger partial charge in [0, 0.05) is 29.5 Å². The van der Waals surface area contributed by atoms with E-state index in [0.717, 1.165) is 42.0 Å². The number of carboxylic acid groups (broad SMARTS) is 1. The molecule has 3 N–H and O–H groups in total. The van der Waals surface area contributed by atoms with Crippen LogP contribution in [0.25, 0.3) is 0 Å². The summed E-state index contributed by atoms with van der Waals surface area (Å²) >= 11 is 1.43. The Hall–Kier alpha value is -2.07. The second-order valence-electron chi connectivity index (χ2n) is 8.71. The fourth-order valence-corrected chi connectivity index (χ4v) is 7.27. The summed E-state index contributed by atoms with van der Waals surface area (Å²) in [4.78, 5) is 14.4. The van der Waals surface area contributed by atoms with Gasteiger partial charge in [-0.3, -0.25) is 9.11 Å². The van der Waals surface area contributed by atoms with E-state index in [1.807, 2.05) is 36.6 Å². The quantitative estimate of drug-likeness (QED) is 0.303. The van der Waals surface area contributed by atoms with Gasteiger partial charge in [-0.25, -0.2) is 4.79 Å². The number of rotatable bonds is 10. The zero-order valence-corrected chi connectivity index (χ0v) is 21.9. The predicted octanol–water partition coefficient (Wildman–Crippen LogP) is 6.73. The van der Waals surface area contributed by atoms with Crippen molar-refractivity contribution >= 4 is 39.7 Å². The number of ether oxygens (including phenoxy) is 2. The second kappa shape index (κ2) is 11.1. The topological polar surface area (TPSA) is 99.5 Å². The van der Waals surface area contributed by atoms with Crippen LogP contribution in [-0.4, -0.2) is 52.5 Å². The van der Waals surface area contributed by atoms with Crippen LogP contribution < -0.4 is 14.4 Å². The van der Waals surface area contributed by atoms with Gasteiger partial charge in [0.1, 0.15) is 11.5 Å².